The standard InChI is InChI=1S/C14H14N6S/c15-13-9-21-14(18-13)19-17-7-11-1-3-12(4-2-11)8-20-6-5-16-10-20/h1-7,9-10H,8,15H2,(H,18,19). The zero-order valence-electron chi connectivity index (χ0n) is 11.2. The summed E-state index contributed by atoms with van der Waals surface area (Å²) in [5, 5.41) is 6.58. The maximum absolute atomic E-state index is 5.53. The molecule has 2 heterocycles. The van der Waals surface area contributed by atoms with E-state index in [1.807, 2.05) is 22.9 Å². The molecular formula is C14H14N6S. The van der Waals surface area contributed by atoms with Gasteiger partial charge in [0.1, 0.15) is 5.82 Å². The molecule has 0 fully saturated rings. The van der Waals surface area contributed by atoms with E-state index in [4.69, 9.17) is 5.73 Å². The predicted molar refractivity (Wildman–Crippen MR) is 85.5 cm³/mol. The summed E-state index contributed by atoms with van der Waals surface area (Å²) in [5.41, 5.74) is 10.6. The second-order valence-corrected chi connectivity index (χ2v) is 5.28. The lowest BCUT2D eigenvalue weighted by atomic mass is 10.1. The number of nitrogens with one attached hydrogen (secondary N) is 1. The Kier molecular flexibility index (Phi) is 3.92. The number of nitrogen functional groups attached to an aromatic ring is 1. The van der Waals surface area contributed by atoms with Gasteiger partial charge in [0, 0.05) is 24.3 Å². The summed E-state index contributed by atoms with van der Waals surface area (Å²) in [6.45, 7) is 0.814. The van der Waals surface area contributed by atoms with E-state index in [0.717, 1.165) is 12.1 Å². The van der Waals surface area contributed by atoms with Crippen LogP contribution in [0.5, 0.6) is 0 Å². The Morgan fingerprint density at radius 2 is 2.19 bits per heavy atom. The number of rotatable bonds is 5. The van der Waals surface area contributed by atoms with Crippen LogP contribution in [-0.4, -0.2) is 20.7 Å². The fraction of sp³-hybridized carbons (Fsp3) is 0.0714. The molecule has 3 rings (SSSR count). The summed E-state index contributed by atoms with van der Waals surface area (Å²) < 4.78 is 2.03. The highest BCUT2D eigenvalue weighted by molar-refractivity contribution is 7.14. The average Bonchev–Trinajstić information content (AvgIpc) is 3.13. The average molecular weight is 298 g/mol. The SMILES string of the molecule is Nc1csc(NN=Cc2ccc(Cn3ccnc3)cc2)n1. The number of nitrogens with two attached hydrogens (primary N) is 1. The van der Waals surface area contributed by atoms with Crippen LogP contribution in [-0.2, 0) is 6.54 Å². The highest BCUT2D eigenvalue weighted by atomic mass is 32.1. The summed E-state index contributed by atoms with van der Waals surface area (Å²) in [4.78, 5) is 8.09. The summed E-state index contributed by atoms with van der Waals surface area (Å²) in [6, 6.07) is 8.19. The summed E-state index contributed by atoms with van der Waals surface area (Å²) in [6.07, 6.45) is 7.27. The lowest BCUT2D eigenvalue weighted by molar-refractivity contribution is 0.797. The molecule has 3 N–H and O–H groups in total. The second kappa shape index (κ2) is 6.19. The van der Waals surface area contributed by atoms with Crippen molar-refractivity contribution < 1.29 is 0 Å². The van der Waals surface area contributed by atoms with Gasteiger partial charge in [-0.3, -0.25) is 5.43 Å². The normalized spacial score (nSPS) is 11.0. The number of nitrogens with zero attached hydrogens (tertiary/aromatic N) is 4. The number of hydrogen-bond acceptors (Lipinski definition) is 6. The van der Waals surface area contributed by atoms with Gasteiger partial charge in [0.15, 0.2) is 0 Å². The van der Waals surface area contributed by atoms with E-state index in [1.54, 1.807) is 24.1 Å². The van der Waals surface area contributed by atoms with Crippen molar-refractivity contribution in [1.29, 1.82) is 0 Å². The van der Waals surface area contributed by atoms with Crippen LogP contribution in [0.25, 0.3) is 0 Å². The zero-order valence-corrected chi connectivity index (χ0v) is 12.0. The quantitative estimate of drug-likeness (QED) is 0.560. The number of anilines is 2. The van der Waals surface area contributed by atoms with Crippen molar-refractivity contribution in [2.24, 2.45) is 5.10 Å². The molecule has 7 heteroatoms. The van der Waals surface area contributed by atoms with Gasteiger partial charge in [-0.15, -0.1) is 11.3 Å². The number of imidazole rings is 1. The Balaban J connectivity index is 1.59. The van der Waals surface area contributed by atoms with Gasteiger partial charge in [-0.25, -0.2) is 9.97 Å². The number of aromatic nitrogens is 3. The summed E-state index contributed by atoms with van der Waals surface area (Å²) >= 11 is 1.42. The maximum Gasteiger partial charge on any atom is 0.205 e. The molecule has 0 saturated heterocycles. The fourth-order valence-corrected chi connectivity index (χ4v) is 2.35. The van der Waals surface area contributed by atoms with E-state index in [9.17, 15) is 0 Å². The summed E-state index contributed by atoms with van der Waals surface area (Å²) in [7, 11) is 0. The van der Waals surface area contributed by atoms with Gasteiger partial charge in [-0.2, -0.15) is 5.10 Å². The molecule has 1 aromatic carbocycles. The first-order valence-electron chi connectivity index (χ1n) is 6.34. The third-order valence-corrected chi connectivity index (χ3v) is 3.56. The molecule has 0 amide bonds. The monoisotopic (exact) mass is 298 g/mol. The Hall–Kier alpha value is -2.67. The van der Waals surface area contributed by atoms with Gasteiger partial charge >= 0.3 is 0 Å². The van der Waals surface area contributed by atoms with Crippen molar-refractivity contribution in [2.75, 3.05) is 11.2 Å². The van der Waals surface area contributed by atoms with Crippen molar-refractivity contribution in [2.45, 2.75) is 6.54 Å². The van der Waals surface area contributed by atoms with Crippen LogP contribution in [0.4, 0.5) is 10.9 Å². The molecule has 106 valence electrons. The van der Waals surface area contributed by atoms with Crippen molar-refractivity contribution in [1.82, 2.24) is 14.5 Å². The number of hydrazone groups is 1. The smallest absolute Gasteiger partial charge is 0.205 e. The van der Waals surface area contributed by atoms with Gasteiger partial charge < -0.3 is 10.3 Å². The van der Waals surface area contributed by atoms with Crippen molar-refractivity contribution in [3.8, 4) is 0 Å². The molecule has 6 nitrogen and oxygen atoms in total. The molecule has 0 bridgehead atoms. The van der Waals surface area contributed by atoms with Crippen molar-refractivity contribution in [3.63, 3.8) is 0 Å². The van der Waals surface area contributed by atoms with Crippen LogP contribution < -0.4 is 11.2 Å². The van der Waals surface area contributed by atoms with E-state index in [-0.39, 0.29) is 0 Å². The predicted octanol–water partition coefficient (Wildman–Crippen LogP) is 2.42. The molecule has 21 heavy (non-hydrogen) atoms. The topological polar surface area (TPSA) is 81.1 Å². The van der Waals surface area contributed by atoms with Gasteiger partial charge in [0.25, 0.3) is 0 Å². The molecule has 0 spiro atoms. The summed E-state index contributed by atoms with van der Waals surface area (Å²) in [5.74, 6) is 0.501. The number of thiazole rings is 1. The van der Waals surface area contributed by atoms with Crippen molar-refractivity contribution in [3.05, 3.63) is 59.5 Å². The van der Waals surface area contributed by atoms with Crippen LogP contribution >= 0.6 is 11.3 Å². The van der Waals surface area contributed by atoms with Crippen LogP contribution in [0.15, 0.2) is 53.5 Å². The number of hydrogen-bond donors (Lipinski definition) is 2. The largest absolute Gasteiger partial charge is 0.383 e. The van der Waals surface area contributed by atoms with Gasteiger partial charge in [-0.05, 0) is 11.1 Å². The maximum atomic E-state index is 5.53. The minimum Gasteiger partial charge on any atom is -0.383 e. The second-order valence-electron chi connectivity index (χ2n) is 4.42. The lowest BCUT2D eigenvalue weighted by Crippen LogP contribution is -1.96. The van der Waals surface area contributed by atoms with E-state index in [0.29, 0.717) is 10.9 Å². The van der Waals surface area contributed by atoms with Gasteiger partial charge in [-0.1, -0.05) is 24.3 Å². The Bertz CT molecular complexity index is 714. The van der Waals surface area contributed by atoms with Crippen LogP contribution in [0.1, 0.15) is 11.1 Å². The number of benzene rings is 1. The Morgan fingerprint density at radius 1 is 1.33 bits per heavy atom. The van der Waals surface area contributed by atoms with Crippen LogP contribution in [0.3, 0.4) is 0 Å². The molecule has 0 aliphatic carbocycles. The molecular weight excluding hydrogens is 284 g/mol. The first-order valence-corrected chi connectivity index (χ1v) is 7.22. The highest BCUT2D eigenvalue weighted by Gasteiger charge is 1.96. The molecule has 0 radical (unpaired) electrons. The molecule has 2 aromatic heterocycles. The third-order valence-electron chi connectivity index (χ3n) is 2.80. The minimum atomic E-state index is 0.501. The molecule has 0 aliphatic heterocycles. The van der Waals surface area contributed by atoms with E-state index < -0.39 is 0 Å². The molecule has 0 atom stereocenters. The van der Waals surface area contributed by atoms with Gasteiger partial charge in [0.2, 0.25) is 5.13 Å². The first-order chi connectivity index (χ1) is 10.3. The fourth-order valence-electron chi connectivity index (χ4n) is 1.80. The molecule has 0 aliphatic rings. The third kappa shape index (κ3) is 3.67. The Morgan fingerprint density at radius 3 is 2.86 bits per heavy atom. The Labute approximate surface area is 126 Å². The first kappa shape index (κ1) is 13.3. The van der Waals surface area contributed by atoms with E-state index in [2.05, 4.69) is 32.6 Å². The van der Waals surface area contributed by atoms with Gasteiger partial charge in [0.05, 0.1) is 12.5 Å². The highest BCUT2D eigenvalue weighted by Crippen LogP contribution is 2.16. The van der Waals surface area contributed by atoms with Crippen molar-refractivity contribution >= 4 is 28.5 Å². The molecule has 0 saturated carbocycles. The van der Waals surface area contributed by atoms with Crippen LogP contribution in [0.2, 0.25) is 0 Å². The minimum absolute atomic E-state index is 0.501. The van der Waals surface area contributed by atoms with E-state index >= 15 is 0 Å². The molecule has 0 unspecified atom stereocenters. The van der Waals surface area contributed by atoms with E-state index in [1.165, 1.54) is 16.9 Å². The lowest BCUT2D eigenvalue weighted by Gasteiger charge is -2.02. The molecule has 3 aromatic rings. The zero-order chi connectivity index (χ0) is 14.5. The van der Waals surface area contributed by atoms with Crippen LogP contribution in [0, 0.1) is 0 Å².